The Labute approximate surface area is 162 Å². The van der Waals surface area contributed by atoms with Gasteiger partial charge in [0, 0.05) is 22.5 Å². The predicted octanol–water partition coefficient (Wildman–Crippen LogP) is 5.55. The van der Waals surface area contributed by atoms with Gasteiger partial charge in [0.25, 0.3) is 0 Å². The number of rotatable bonds is 6. The fourth-order valence-electron chi connectivity index (χ4n) is 2.68. The van der Waals surface area contributed by atoms with E-state index in [0.717, 1.165) is 33.8 Å². The van der Waals surface area contributed by atoms with Crippen LogP contribution in [-0.4, -0.2) is 7.05 Å². The molecule has 0 unspecified atom stereocenters. The Hall–Kier alpha value is -2.32. The van der Waals surface area contributed by atoms with Crippen LogP contribution in [0, 0.1) is 18.3 Å². The molecule has 0 radical (unpaired) electrons. The Bertz CT molecular complexity index is 942. The van der Waals surface area contributed by atoms with E-state index in [4.69, 9.17) is 16.3 Å². The Balaban J connectivity index is 1.78. The first kappa shape index (κ1) is 18.5. The maximum atomic E-state index is 9.61. The molecule has 0 spiro atoms. The molecule has 0 aliphatic rings. The molecule has 2 aromatic carbocycles. The molecule has 132 valence electrons. The van der Waals surface area contributed by atoms with Crippen molar-refractivity contribution in [3.63, 3.8) is 0 Å². The SMILES string of the molecule is CNCc1ccc(COc2scc(-c3ccc(Cl)c(C)c3)c2C#N)cc1. The summed E-state index contributed by atoms with van der Waals surface area (Å²) in [5.74, 6) is 0. The van der Waals surface area contributed by atoms with E-state index in [-0.39, 0.29) is 0 Å². The lowest BCUT2D eigenvalue weighted by Gasteiger charge is -2.07. The fourth-order valence-corrected chi connectivity index (χ4v) is 3.68. The first-order chi connectivity index (χ1) is 12.6. The second kappa shape index (κ2) is 8.37. The minimum Gasteiger partial charge on any atom is -0.478 e. The van der Waals surface area contributed by atoms with Gasteiger partial charge in [-0.2, -0.15) is 5.26 Å². The van der Waals surface area contributed by atoms with E-state index in [1.807, 2.05) is 37.6 Å². The van der Waals surface area contributed by atoms with Crippen molar-refractivity contribution >= 4 is 22.9 Å². The van der Waals surface area contributed by atoms with Crippen molar-refractivity contribution in [2.75, 3.05) is 7.05 Å². The average Bonchev–Trinajstić information content (AvgIpc) is 3.06. The smallest absolute Gasteiger partial charge is 0.192 e. The highest BCUT2D eigenvalue weighted by atomic mass is 35.5. The second-order valence-corrected chi connectivity index (χ2v) is 7.27. The number of ether oxygens (including phenoxy) is 1. The van der Waals surface area contributed by atoms with E-state index < -0.39 is 0 Å². The largest absolute Gasteiger partial charge is 0.478 e. The van der Waals surface area contributed by atoms with E-state index in [9.17, 15) is 5.26 Å². The van der Waals surface area contributed by atoms with Crippen LogP contribution in [0.3, 0.4) is 0 Å². The number of nitriles is 1. The lowest BCUT2D eigenvalue weighted by atomic mass is 10.0. The molecule has 5 heteroatoms. The summed E-state index contributed by atoms with van der Waals surface area (Å²) in [6, 6.07) is 16.3. The number of aryl methyl sites for hydroxylation is 1. The Kier molecular flexibility index (Phi) is 5.95. The summed E-state index contributed by atoms with van der Waals surface area (Å²) in [5, 5.41) is 16.1. The third kappa shape index (κ3) is 4.08. The predicted molar refractivity (Wildman–Crippen MR) is 108 cm³/mol. The molecule has 0 aliphatic carbocycles. The first-order valence-corrected chi connectivity index (χ1v) is 9.51. The topological polar surface area (TPSA) is 45.0 Å². The molecule has 3 rings (SSSR count). The minimum absolute atomic E-state index is 0.439. The van der Waals surface area contributed by atoms with Crippen LogP contribution < -0.4 is 10.1 Å². The van der Waals surface area contributed by atoms with Crippen LogP contribution in [0.25, 0.3) is 11.1 Å². The van der Waals surface area contributed by atoms with Gasteiger partial charge in [-0.1, -0.05) is 41.9 Å². The van der Waals surface area contributed by atoms with Crippen molar-refractivity contribution in [1.29, 1.82) is 5.26 Å². The average molecular weight is 383 g/mol. The van der Waals surface area contributed by atoms with Gasteiger partial charge in [0.05, 0.1) is 0 Å². The van der Waals surface area contributed by atoms with Crippen molar-refractivity contribution in [3.8, 4) is 22.3 Å². The van der Waals surface area contributed by atoms with Crippen molar-refractivity contribution in [2.45, 2.75) is 20.1 Å². The highest BCUT2D eigenvalue weighted by Gasteiger charge is 2.15. The van der Waals surface area contributed by atoms with E-state index in [1.54, 1.807) is 0 Å². The van der Waals surface area contributed by atoms with Crippen LogP contribution in [0.4, 0.5) is 0 Å². The number of halogens is 1. The molecule has 0 bridgehead atoms. The van der Waals surface area contributed by atoms with Gasteiger partial charge in [0.15, 0.2) is 5.06 Å². The van der Waals surface area contributed by atoms with Gasteiger partial charge < -0.3 is 10.1 Å². The van der Waals surface area contributed by atoms with E-state index in [2.05, 4.69) is 35.7 Å². The molecule has 0 fully saturated rings. The van der Waals surface area contributed by atoms with E-state index in [1.165, 1.54) is 16.9 Å². The highest BCUT2D eigenvalue weighted by molar-refractivity contribution is 7.12. The molecule has 0 saturated carbocycles. The van der Waals surface area contributed by atoms with Crippen molar-refractivity contribution in [3.05, 3.63) is 75.1 Å². The number of thiophene rings is 1. The van der Waals surface area contributed by atoms with Gasteiger partial charge in [-0.3, -0.25) is 0 Å². The molecule has 0 aliphatic heterocycles. The molecule has 1 heterocycles. The molecule has 0 amide bonds. The Morgan fingerprint density at radius 2 is 1.88 bits per heavy atom. The molecule has 1 N–H and O–H groups in total. The third-order valence-corrected chi connectivity index (χ3v) is 5.43. The van der Waals surface area contributed by atoms with Gasteiger partial charge in [-0.25, -0.2) is 0 Å². The van der Waals surface area contributed by atoms with Crippen LogP contribution in [0.1, 0.15) is 22.3 Å². The summed E-state index contributed by atoms with van der Waals surface area (Å²) in [6.07, 6.45) is 0. The first-order valence-electron chi connectivity index (χ1n) is 8.25. The Morgan fingerprint density at radius 1 is 1.15 bits per heavy atom. The molecule has 3 aromatic rings. The number of hydrogen-bond acceptors (Lipinski definition) is 4. The van der Waals surface area contributed by atoms with Gasteiger partial charge >= 0.3 is 0 Å². The van der Waals surface area contributed by atoms with E-state index in [0.29, 0.717) is 17.2 Å². The van der Waals surface area contributed by atoms with Crippen LogP contribution >= 0.6 is 22.9 Å². The van der Waals surface area contributed by atoms with Gasteiger partial charge in [-0.15, -0.1) is 11.3 Å². The summed E-state index contributed by atoms with van der Waals surface area (Å²) >= 11 is 7.55. The zero-order valence-electron chi connectivity index (χ0n) is 14.7. The summed E-state index contributed by atoms with van der Waals surface area (Å²) in [4.78, 5) is 0. The standard InChI is InChI=1S/C21H19ClN2OS/c1-14-9-17(7-8-20(14)22)19-13-26-21(18(19)10-23)25-12-16-5-3-15(4-6-16)11-24-2/h3-9,13,24H,11-12H2,1-2H3. The lowest BCUT2D eigenvalue weighted by molar-refractivity contribution is 0.315. The number of nitrogens with one attached hydrogen (secondary N) is 1. The van der Waals surface area contributed by atoms with Crippen LogP contribution in [0.15, 0.2) is 47.8 Å². The molecule has 26 heavy (non-hydrogen) atoms. The van der Waals surface area contributed by atoms with Gasteiger partial charge in [0.1, 0.15) is 18.2 Å². The quantitative estimate of drug-likeness (QED) is 0.608. The molecule has 0 atom stereocenters. The second-order valence-electron chi connectivity index (χ2n) is 6.02. The Morgan fingerprint density at radius 3 is 2.54 bits per heavy atom. The number of hydrogen-bond donors (Lipinski definition) is 1. The minimum atomic E-state index is 0.439. The maximum Gasteiger partial charge on any atom is 0.192 e. The fraction of sp³-hybridized carbons (Fsp3) is 0.190. The number of nitrogens with zero attached hydrogens (tertiary/aromatic N) is 1. The van der Waals surface area contributed by atoms with Gasteiger partial charge in [0.2, 0.25) is 0 Å². The molecule has 0 saturated heterocycles. The maximum absolute atomic E-state index is 9.61. The van der Waals surface area contributed by atoms with Crippen molar-refractivity contribution in [2.24, 2.45) is 0 Å². The summed E-state index contributed by atoms with van der Waals surface area (Å²) in [7, 11) is 1.93. The van der Waals surface area contributed by atoms with Crippen molar-refractivity contribution < 1.29 is 4.74 Å². The van der Waals surface area contributed by atoms with Gasteiger partial charge in [-0.05, 0) is 48.4 Å². The summed E-state index contributed by atoms with van der Waals surface area (Å²) in [5.41, 5.74) is 5.73. The normalized spacial score (nSPS) is 10.5. The molecule has 3 nitrogen and oxygen atoms in total. The summed E-state index contributed by atoms with van der Waals surface area (Å²) < 4.78 is 5.92. The monoisotopic (exact) mass is 382 g/mol. The highest BCUT2D eigenvalue weighted by Crippen LogP contribution is 2.38. The molecule has 1 aromatic heterocycles. The van der Waals surface area contributed by atoms with E-state index >= 15 is 0 Å². The third-order valence-electron chi connectivity index (χ3n) is 4.11. The molecular formula is C21H19ClN2OS. The van der Waals surface area contributed by atoms with Crippen LogP contribution in [-0.2, 0) is 13.2 Å². The van der Waals surface area contributed by atoms with Crippen molar-refractivity contribution in [1.82, 2.24) is 5.32 Å². The zero-order valence-corrected chi connectivity index (χ0v) is 16.2. The van der Waals surface area contributed by atoms with Crippen LogP contribution in [0.2, 0.25) is 5.02 Å². The summed E-state index contributed by atoms with van der Waals surface area (Å²) in [6.45, 7) is 3.24. The zero-order chi connectivity index (χ0) is 18.5. The number of benzene rings is 2. The lowest BCUT2D eigenvalue weighted by Crippen LogP contribution is -2.05. The molecular weight excluding hydrogens is 364 g/mol. The van der Waals surface area contributed by atoms with Crippen LogP contribution in [0.5, 0.6) is 5.06 Å².